The summed E-state index contributed by atoms with van der Waals surface area (Å²) in [7, 11) is 3.31. The van der Waals surface area contributed by atoms with Crippen molar-refractivity contribution in [3.63, 3.8) is 0 Å². The molecule has 30 heavy (non-hydrogen) atoms. The molecular formula is C21H26F3IN4O. The Kier molecular flexibility index (Phi) is 10.1. The molecule has 5 nitrogen and oxygen atoms in total. The lowest BCUT2D eigenvalue weighted by atomic mass is 10.1. The van der Waals surface area contributed by atoms with Gasteiger partial charge in [-0.2, -0.15) is 13.2 Å². The third-order valence-corrected chi connectivity index (χ3v) is 4.26. The highest BCUT2D eigenvalue weighted by atomic mass is 127. The van der Waals surface area contributed by atoms with E-state index in [-0.39, 0.29) is 49.0 Å². The minimum Gasteiger partial charge on any atom is -0.350 e. The molecule has 1 unspecified atom stereocenters. The molecule has 9 heteroatoms. The van der Waals surface area contributed by atoms with Crippen molar-refractivity contribution in [2.45, 2.75) is 25.7 Å². The van der Waals surface area contributed by atoms with Gasteiger partial charge in [0.25, 0.3) is 0 Å². The standard InChI is InChI=1S/C21H25F3N4O.HI/c1-15(17-7-5-4-6-8-17)27-20(26-14-19(29)28(2)3)25-13-16-9-11-18(12-10-16)21(22,23)24;/h4-12,15H,13-14H2,1-3H3,(H2,25,26,27);1H. The summed E-state index contributed by atoms with van der Waals surface area (Å²) in [6.07, 6.45) is -4.37. The van der Waals surface area contributed by atoms with Crippen LogP contribution in [-0.4, -0.2) is 37.4 Å². The zero-order valence-corrected chi connectivity index (χ0v) is 19.4. The number of aliphatic imine (C=N–C) groups is 1. The molecule has 0 fully saturated rings. The average Bonchev–Trinajstić information content (AvgIpc) is 2.69. The Hall–Kier alpha value is -2.30. The molecule has 0 spiro atoms. The van der Waals surface area contributed by atoms with E-state index in [4.69, 9.17) is 0 Å². The second-order valence-electron chi connectivity index (χ2n) is 6.78. The van der Waals surface area contributed by atoms with Gasteiger partial charge in [0.1, 0.15) is 0 Å². The van der Waals surface area contributed by atoms with E-state index in [2.05, 4.69) is 15.6 Å². The maximum Gasteiger partial charge on any atom is 0.416 e. The third kappa shape index (κ3) is 8.21. The number of carbonyl (C=O) groups excluding carboxylic acids is 1. The maximum absolute atomic E-state index is 12.7. The molecule has 0 aliphatic carbocycles. The van der Waals surface area contributed by atoms with Crippen LogP contribution >= 0.6 is 24.0 Å². The summed E-state index contributed by atoms with van der Waals surface area (Å²) in [5.74, 6) is 0.276. The molecule has 1 amide bonds. The number of amides is 1. The van der Waals surface area contributed by atoms with E-state index in [1.54, 1.807) is 14.1 Å². The fraction of sp³-hybridized carbons (Fsp3) is 0.333. The molecule has 2 aromatic carbocycles. The Bertz CT molecular complexity index is 824. The van der Waals surface area contributed by atoms with Crippen molar-refractivity contribution in [1.82, 2.24) is 15.5 Å². The first kappa shape index (κ1) is 25.7. The van der Waals surface area contributed by atoms with Crippen LogP contribution in [0, 0.1) is 0 Å². The molecule has 1 atom stereocenters. The van der Waals surface area contributed by atoms with Gasteiger partial charge in [-0.15, -0.1) is 24.0 Å². The van der Waals surface area contributed by atoms with Crippen molar-refractivity contribution in [2.24, 2.45) is 4.99 Å². The fourth-order valence-electron chi connectivity index (χ4n) is 2.47. The molecule has 0 bridgehead atoms. The normalized spacial score (nSPS) is 12.5. The SMILES string of the molecule is CC(NC(=NCc1ccc(C(F)(F)F)cc1)NCC(=O)N(C)C)c1ccccc1.I. The van der Waals surface area contributed by atoms with Crippen LogP contribution < -0.4 is 10.6 Å². The van der Waals surface area contributed by atoms with E-state index in [1.807, 2.05) is 37.3 Å². The molecule has 0 aromatic heterocycles. The Morgan fingerprint density at radius 1 is 1.07 bits per heavy atom. The topological polar surface area (TPSA) is 56.7 Å². The summed E-state index contributed by atoms with van der Waals surface area (Å²) in [5.41, 5.74) is 0.969. The van der Waals surface area contributed by atoms with Gasteiger partial charge in [0, 0.05) is 14.1 Å². The lowest BCUT2D eigenvalue weighted by Gasteiger charge is -2.19. The Morgan fingerprint density at radius 2 is 1.67 bits per heavy atom. The Morgan fingerprint density at radius 3 is 2.20 bits per heavy atom. The van der Waals surface area contributed by atoms with Crippen LogP contribution in [0.3, 0.4) is 0 Å². The number of nitrogens with zero attached hydrogens (tertiary/aromatic N) is 2. The predicted molar refractivity (Wildman–Crippen MR) is 123 cm³/mol. The van der Waals surface area contributed by atoms with Crippen molar-refractivity contribution in [2.75, 3.05) is 20.6 Å². The number of alkyl halides is 3. The highest BCUT2D eigenvalue weighted by Crippen LogP contribution is 2.29. The first-order valence-corrected chi connectivity index (χ1v) is 9.13. The number of guanidine groups is 1. The number of hydrogen-bond donors (Lipinski definition) is 2. The molecule has 0 aliphatic rings. The number of carbonyl (C=O) groups is 1. The van der Waals surface area contributed by atoms with E-state index in [9.17, 15) is 18.0 Å². The van der Waals surface area contributed by atoms with E-state index in [0.717, 1.165) is 17.7 Å². The van der Waals surface area contributed by atoms with E-state index < -0.39 is 11.7 Å². The summed E-state index contributed by atoms with van der Waals surface area (Å²) in [6.45, 7) is 2.18. The number of benzene rings is 2. The maximum atomic E-state index is 12.7. The molecule has 2 aromatic rings. The molecule has 164 valence electrons. The first-order valence-electron chi connectivity index (χ1n) is 9.13. The van der Waals surface area contributed by atoms with Gasteiger partial charge < -0.3 is 15.5 Å². The van der Waals surface area contributed by atoms with E-state index in [0.29, 0.717) is 11.5 Å². The quantitative estimate of drug-likeness (QED) is 0.332. The summed E-state index contributed by atoms with van der Waals surface area (Å²) >= 11 is 0. The van der Waals surface area contributed by atoms with Gasteiger partial charge >= 0.3 is 6.18 Å². The van der Waals surface area contributed by atoms with E-state index >= 15 is 0 Å². The number of halogens is 4. The van der Waals surface area contributed by atoms with Gasteiger partial charge in [0.2, 0.25) is 5.91 Å². The third-order valence-electron chi connectivity index (χ3n) is 4.26. The van der Waals surface area contributed by atoms with Crippen LogP contribution in [0.15, 0.2) is 59.6 Å². The zero-order valence-electron chi connectivity index (χ0n) is 17.0. The van der Waals surface area contributed by atoms with Crippen LogP contribution in [0.5, 0.6) is 0 Å². The molecule has 0 saturated carbocycles. The minimum absolute atomic E-state index is 0. The second kappa shape index (κ2) is 11.8. The molecule has 2 rings (SSSR count). The Labute approximate surface area is 191 Å². The van der Waals surface area contributed by atoms with Crippen LogP contribution in [-0.2, 0) is 17.5 Å². The monoisotopic (exact) mass is 534 g/mol. The van der Waals surface area contributed by atoms with Crippen LogP contribution in [0.2, 0.25) is 0 Å². The van der Waals surface area contributed by atoms with Crippen LogP contribution in [0.4, 0.5) is 13.2 Å². The smallest absolute Gasteiger partial charge is 0.350 e. The van der Waals surface area contributed by atoms with Gasteiger partial charge in [-0.3, -0.25) is 4.79 Å². The number of rotatable bonds is 6. The number of likely N-dealkylation sites (N-methyl/N-ethyl adjacent to an activating group) is 1. The second-order valence-corrected chi connectivity index (χ2v) is 6.78. The Balaban J connectivity index is 0.00000450. The van der Waals surface area contributed by atoms with E-state index in [1.165, 1.54) is 17.0 Å². The molecule has 0 aliphatic heterocycles. The number of nitrogens with one attached hydrogen (secondary N) is 2. The number of hydrogen-bond acceptors (Lipinski definition) is 2. The highest BCUT2D eigenvalue weighted by molar-refractivity contribution is 14.0. The molecule has 0 radical (unpaired) electrons. The minimum atomic E-state index is -4.37. The molecule has 0 saturated heterocycles. The van der Waals surface area contributed by atoms with Crippen molar-refractivity contribution in [3.05, 3.63) is 71.3 Å². The zero-order chi connectivity index (χ0) is 21.4. The molecule has 2 N–H and O–H groups in total. The summed E-state index contributed by atoms with van der Waals surface area (Å²) in [5, 5.41) is 6.20. The van der Waals surface area contributed by atoms with Gasteiger partial charge in [0.05, 0.1) is 24.7 Å². The first-order chi connectivity index (χ1) is 13.7. The van der Waals surface area contributed by atoms with Gasteiger partial charge in [0.15, 0.2) is 5.96 Å². The molecule has 0 heterocycles. The summed E-state index contributed by atoms with van der Waals surface area (Å²) < 4.78 is 38.1. The lowest BCUT2D eigenvalue weighted by molar-refractivity contribution is -0.137. The summed E-state index contributed by atoms with van der Waals surface area (Å²) in [6, 6.07) is 14.5. The van der Waals surface area contributed by atoms with Crippen molar-refractivity contribution in [3.8, 4) is 0 Å². The fourth-order valence-corrected chi connectivity index (χ4v) is 2.47. The van der Waals surface area contributed by atoms with Crippen LogP contribution in [0.1, 0.15) is 29.7 Å². The average molecular weight is 534 g/mol. The summed E-state index contributed by atoms with van der Waals surface area (Å²) in [4.78, 5) is 17.8. The predicted octanol–water partition coefficient (Wildman–Crippen LogP) is 4.21. The van der Waals surface area contributed by atoms with Gasteiger partial charge in [-0.1, -0.05) is 42.5 Å². The van der Waals surface area contributed by atoms with Gasteiger partial charge in [-0.05, 0) is 30.2 Å². The molecular weight excluding hydrogens is 508 g/mol. The van der Waals surface area contributed by atoms with Crippen molar-refractivity contribution in [1.29, 1.82) is 0 Å². The van der Waals surface area contributed by atoms with Gasteiger partial charge in [-0.25, -0.2) is 4.99 Å². The largest absolute Gasteiger partial charge is 0.416 e. The lowest BCUT2D eigenvalue weighted by Crippen LogP contribution is -2.43. The highest BCUT2D eigenvalue weighted by Gasteiger charge is 2.29. The van der Waals surface area contributed by atoms with Crippen LogP contribution in [0.25, 0.3) is 0 Å². The van der Waals surface area contributed by atoms with Crippen molar-refractivity contribution >= 4 is 35.8 Å². The van der Waals surface area contributed by atoms with Crippen molar-refractivity contribution < 1.29 is 18.0 Å².